The summed E-state index contributed by atoms with van der Waals surface area (Å²) in [6, 6.07) is 6.68. The molecule has 0 aliphatic carbocycles. The van der Waals surface area contributed by atoms with Gasteiger partial charge in [-0.1, -0.05) is 12.1 Å². The highest BCUT2D eigenvalue weighted by atomic mass is 16.5. The van der Waals surface area contributed by atoms with Gasteiger partial charge in [0.25, 0.3) is 0 Å². The number of hydrogen-bond acceptors (Lipinski definition) is 5. The van der Waals surface area contributed by atoms with Gasteiger partial charge in [-0.25, -0.2) is 0 Å². The number of benzene rings is 1. The minimum absolute atomic E-state index is 0.0637. The van der Waals surface area contributed by atoms with E-state index in [0.717, 1.165) is 6.42 Å². The van der Waals surface area contributed by atoms with Crippen molar-refractivity contribution < 1.29 is 24.1 Å². The fourth-order valence-corrected chi connectivity index (χ4v) is 2.18. The van der Waals surface area contributed by atoms with E-state index in [1.165, 1.54) is 7.11 Å². The van der Waals surface area contributed by atoms with Gasteiger partial charge in [0.2, 0.25) is 0 Å². The zero-order valence-corrected chi connectivity index (χ0v) is 10.9. The standard InChI is InChI=1S/C14H18O5/c1-17-14(16)11(10-6-7-18-8-10)9-19-13-5-3-2-4-12(13)15/h2-5,10-11,15H,6-9H2,1H3. The smallest absolute Gasteiger partial charge is 0.312 e. The van der Waals surface area contributed by atoms with E-state index in [4.69, 9.17) is 14.2 Å². The van der Waals surface area contributed by atoms with E-state index in [1.54, 1.807) is 24.3 Å². The zero-order chi connectivity index (χ0) is 13.7. The van der Waals surface area contributed by atoms with Crippen molar-refractivity contribution in [1.29, 1.82) is 0 Å². The Labute approximate surface area is 112 Å². The highest BCUT2D eigenvalue weighted by Gasteiger charge is 2.33. The molecule has 1 aromatic rings. The van der Waals surface area contributed by atoms with Crippen LogP contribution in [0.5, 0.6) is 11.5 Å². The van der Waals surface area contributed by atoms with Gasteiger partial charge in [0.05, 0.1) is 19.6 Å². The molecule has 2 atom stereocenters. The summed E-state index contributed by atoms with van der Waals surface area (Å²) in [4.78, 5) is 11.8. The van der Waals surface area contributed by atoms with Crippen LogP contribution in [0.15, 0.2) is 24.3 Å². The van der Waals surface area contributed by atoms with Crippen LogP contribution < -0.4 is 4.74 Å². The third kappa shape index (κ3) is 3.38. The average Bonchev–Trinajstić information content (AvgIpc) is 2.94. The number of phenols is 1. The number of hydrogen-bond donors (Lipinski definition) is 1. The van der Waals surface area contributed by atoms with Crippen molar-refractivity contribution in [1.82, 2.24) is 0 Å². The highest BCUT2D eigenvalue weighted by molar-refractivity contribution is 5.73. The number of methoxy groups -OCH3 is 1. The zero-order valence-electron chi connectivity index (χ0n) is 10.9. The first-order valence-electron chi connectivity index (χ1n) is 6.28. The van der Waals surface area contributed by atoms with Crippen LogP contribution in [0.3, 0.4) is 0 Å². The molecule has 1 aliphatic heterocycles. The quantitative estimate of drug-likeness (QED) is 0.820. The summed E-state index contributed by atoms with van der Waals surface area (Å²) in [7, 11) is 1.37. The second kappa shape index (κ2) is 6.43. The number of esters is 1. The summed E-state index contributed by atoms with van der Waals surface area (Å²) in [6.07, 6.45) is 0.823. The number of aromatic hydroxyl groups is 1. The van der Waals surface area contributed by atoms with Crippen molar-refractivity contribution >= 4 is 5.97 Å². The molecule has 104 valence electrons. The third-order valence-electron chi connectivity index (χ3n) is 3.32. The van der Waals surface area contributed by atoms with Crippen LogP contribution in [0.1, 0.15) is 6.42 Å². The molecule has 5 heteroatoms. The molecule has 0 amide bonds. The Morgan fingerprint density at radius 3 is 2.95 bits per heavy atom. The maximum absolute atomic E-state index is 11.8. The van der Waals surface area contributed by atoms with Crippen molar-refractivity contribution in [3.63, 3.8) is 0 Å². The number of rotatable bonds is 5. The van der Waals surface area contributed by atoms with Crippen molar-refractivity contribution in [2.75, 3.05) is 26.9 Å². The van der Waals surface area contributed by atoms with E-state index >= 15 is 0 Å². The van der Waals surface area contributed by atoms with Crippen LogP contribution >= 0.6 is 0 Å². The number of carbonyl (C=O) groups is 1. The predicted molar refractivity (Wildman–Crippen MR) is 68.0 cm³/mol. The Balaban J connectivity index is 2.00. The molecular formula is C14H18O5. The van der Waals surface area contributed by atoms with Gasteiger partial charge in [-0.3, -0.25) is 4.79 Å². The fraction of sp³-hybridized carbons (Fsp3) is 0.500. The van der Waals surface area contributed by atoms with Crippen molar-refractivity contribution in [2.24, 2.45) is 11.8 Å². The van der Waals surface area contributed by atoms with Gasteiger partial charge in [-0.05, 0) is 18.6 Å². The van der Waals surface area contributed by atoms with E-state index in [2.05, 4.69) is 0 Å². The maximum atomic E-state index is 11.8. The van der Waals surface area contributed by atoms with Crippen LogP contribution in [0.25, 0.3) is 0 Å². The summed E-state index contributed by atoms with van der Waals surface area (Å²) in [5, 5.41) is 9.62. The Kier molecular flexibility index (Phi) is 4.63. The molecule has 0 saturated carbocycles. The molecule has 1 aliphatic rings. The molecule has 1 N–H and O–H groups in total. The molecule has 2 unspecified atom stereocenters. The lowest BCUT2D eigenvalue weighted by molar-refractivity contribution is -0.148. The van der Waals surface area contributed by atoms with Crippen LogP contribution in [-0.4, -0.2) is 38.0 Å². The molecule has 0 spiro atoms. The summed E-state index contributed by atoms with van der Waals surface area (Å²) >= 11 is 0. The summed E-state index contributed by atoms with van der Waals surface area (Å²) in [6.45, 7) is 1.39. The molecule has 2 rings (SSSR count). The molecule has 0 aromatic heterocycles. The number of ether oxygens (including phenoxy) is 3. The largest absolute Gasteiger partial charge is 0.504 e. The monoisotopic (exact) mass is 266 g/mol. The second-order valence-corrected chi connectivity index (χ2v) is 4.53. The van der Waals surface area contributed by atoms with Gasteiger partial charge < -0.3 is 19.3 Å². The fourth-order valence-electron chi connectivity index (χ4n) is 2.18. The highest BCUT2D eigenvalue weighted by Crippen LogP contribution is 2.28. The van der Waals surface area contributed by atoms with Crippen molar-refractivity contribution in [3.8, 4) is 11.5 Å². The van der Waals surface area contributed by atoms with E-state index < -0.39 is 0 Å². The molecule has 1 fully saturated rings. The Hall–Kier alpha value is -1.75. The third-order valence-corrected chi connectivity index (χ3v) is 3.32. The van der Waals surface area contributed by atoms with E-state index in [9.17, 15) is 9.90 Å². The van der Waals surface area contributed by atoms with Gasteiger partial charge in [0.1, 0.15) is 6.61 Å². The van der Waals surface area contributed by atoms with Gasteiger partial charge in [-0.2, -0.15) is 0 Å². The molecular weight excluding hydrogens is 248 g/mol. The lowest BCUT2D eigenvalue weighted by Gasteiger charge is -2.20. The first kappa shape index (κ1) is 13.7. The molecule has 0 radical (unpaired) electrons. The Bertz CT molecular complexity index is 426. The van der Waals surface area contributed by atoms with E-state index in [1.807, 2.05) is 0 Å². The Morgan fingerprint density at radius 1 is 1.53 bits per heavy atom. The lowest BCUT2D eigenvalue weighted by Crippen LogP contribution is -2.31. The molecule has 1 heterocycles. The number of carbonyl (C=O) groups excluding carboxylic acids is 1. The minimum Gasteiger partial charge on any atom is -0.504 e. The van der Waals surface area contributed by atoms with Crippen LogP contribution in [0, 0.1) is 11.8 Å². The predicted octanol–water partition coefficient (Wildman–Crippen LogP) is 1.60. The first-order valence-corrected chi connectivity index (χ1v) is 6.28. The summed E-state index contributed by atoms with van der Waals surface area (Å²) in [5.74, 6) is -0.125. The molecule has 0 bridgehead atoms. The summed E-state index contributed by atoms with van der Waals surface area (Å²) < 4.78 is 15.6. The normalized spacial score (nSPS) is 19.9. The first-order chi connectivity index (χ1) is 9.22. The topological polar surface area (TPSA) is 65.0 Å². The van der Waals surface area contributed by atoms with Gasteiger partial charge >= 0.3 is 5.97 Å². The van der Waals surface area contributed by atoms with Crippen LogP contribution in [0.2, 0.25) is 0 Å². The molecule has 5 nitrogen and oxygen atoms in total. The maximum Gasteiger partial charge on any atom is 0.312 e. The molecule has 19 heavy (non-hydrogen) atoms. The van der Waals surface area contributed by atoms with Gasteiger partial charge in [0.15, 0.2) is 11.5 Å². The van der Waals surface area contributed by atoms with Gasteiger partial charge in [-0.15, -0.1) is 0 Å². The lowest BCUT2D eigenvalue weighted by atomic mass is 9.92. The van der Waals surface area contributed by atoms with Crippen molar-refractivity contribution in [2.45, 2.75) is 6.42 Å². The van der Waals surface area contributed by atoms with Gasteiger partial charge in [0, 0.05) is 12.5 Å². The second-order valence-electron chi connectivity index (χ2n) is 4.53. The minimum atomic E-state index is -0.368. The SMILES string of the molecule is COC(=O)C(COc1ccccc1O)C1CCOC1. The average molecular weight is 266 g/mol. The van der Waals surface area contributed by atoms with Crippen LogP contribution in [0.4, 0.5) is 0 Å². The number of para-hydroxylation sites is 2. The van der Waals surface area contributed by atoms with Crippen LogP contribution in [-0.2, 0) is 14.3 Å². The van der Waals surface area contributed by atoms with E-state index in [0.29, 0.717) is 19.0 Å². The van der Waals surface area contributed by atoms with E-state index in [-0.39, 0.29) is 30.2 Å². The summed E-state index contributed by atoms with van der Waals surface area (Å²) in [5.41, 5.74) is 0. The van der Waals surface area contributed by atoms with Crippen molar-refractivity contribution in [3.05, 3.63) is 24.3 Å². The number of phenolic OH excluding ortho intramolecular Hbond substituents is 1. The Morgan fingerprint density at radius 2 is 2.32 bits per heavy atom. The molecule has 1 aromatic carbocycles. The molecule has 1 saturated heterocycles.